The Morgan fingerprint density at radius 3 is 2.00 bits per heavy atom. The number of carbonyl (C=O) groups is 2. The van der Waals surface area contributed by atoms with Gasteiger partial charge in [0.05, 0.1) is 27.9 Å². The summed E-state index contributed by atoms with van der Waals surface area (Å²) in [6.07, 6.45) is 0.906. The lowest BCUT2D eigenvalue weighted by Crippen LogP contribution is -2.42. The second-order valence-corrected chi connectivity index (χ2v) is 6.58. The molecule has 0 spiro atoms. The Hall–Kier alpha value is -2.44. The molecule has 2 amide bonds. The van der Waals surface area contributed by atoms with Crippen LogP contribution in [-0.4, -0.2) is 57.7 Å². The molecule has 0 radical (unpaired) electrons. The Morgan fingerprint density at radius 1 is 1.04 bits per heavy atom. The normalized spacial score (nSPS) is 11.7. The van der Waals surface area contributed by atoms with Gasteiger partial charge in [0.1, 0.15) is 0 Å². The molecule has 0 aromatic heterocycles. The third-order valence-corrected chi connectivity index (χ3v) is 4.19. The number of benzene rings is 1. The summed E-state index contributed by atoms with van der Waals surface area (Å²) >= 11 is 0. The average molecular weight is 366 g/mol. The molecule has 7 nitrogen and oxygen atoms in total. The number of amides is 2. The van der Waals surface area contributed by atoms with Crippen molar-refractivity contribution in [3.05, 3.63) is 17.7 Å². The van der Waals surface area contributed by atoms with Crippen LogP contribution >= 0.6 is 0 Å². The molecule has 1 aromatic rings. The first kappa shape index (κ1) is 21.6. The van der Waals surface area contributed by atoms with E-state index in [2.05, 4.69) is 19.2 Å². The van der Waals surface area contributed by atoms with Gasteiger partial charge in [-0.2, -0.15) is 0 Å². The summed E-state index contributed by atoms with van der Waals surface area (Å²) < 4.78 is 15.7. The molecule has 1 N–H and O–H groups in total. The lowest BCUT2D eigenvalue weighted by Gasteiger charge is -2.26. The zero-order valence-corrected chi connectivity index (χ0v) is 16.7. The molecule has 0 aliphatic carbocycles. The van der Waals surface area contributed by atoms with Crippen LogP contribution in [-0.2, 0) is 4.79 Å². The maximum Gasteiger partial charge on any atom is 0.251 e. The van der Waals surface area contributed by atoms with Crippen molar-refractivity contribution in [3.8, 4) is 17.2 Å². The SMILES string of the molecule is COc1cc(C(=O)NCC(=O)N(C)C(C)CC(C)C)cc(OC)c1OC. The number of hydrogen-bond acceptors (Lipinski definition) is 5. The van der Waals surface area contributed by atoms with Crippen LogP contribution in [0.5, 0.6) is 17.2 Å². The van der Waals surface area contributed by atoms with E-state index < -0.39 is 0 Å². The molecular weight excluding hydrogens is 336 g/mol. The predicted molar refractivity (Wildman–Crippen MR) is 100 cm³/mol. The maximum atomic E-state index is 12.4. The topological polar surface area (TPSA) is 77.1 Å². The van der Waals surface area contributed by atoms with E-state index in [0.29, 0.717) is 28.7 Å². The van der Waals surface area contributed by atoms with E-state index in [1.807, 2.05) is 6.92 Å². The first-order valence-electron chi connectivity index (χ1n) is 8.58. The van der Waals surface area contributed by atoms with Crippen LogP contribution in [0.2, 0.25) is 0 Å². The van der Waals surface area contributed by atoms with Gasteiger partial charge in [0.2, 0.25) is 11.7 Å². The van der Waals surface area contributed by atoms with Crippen molar-refractivity contribution in [3.63, 3.8) is 0 Å². The Morgan fingerprint density at radius 2 is 1.58 bits per heavy atom. The molecule has 0 saturated heterocycles. The molecule has 0 bridgehead atoms. The second-order valence-electron chi connectivity index (χ2n) is 6.58. The molecule has 1 unspecified atom stereocenters. The minimum Gasteiger partial charge on any atom is -0.493 e. The van der Waals surface area contributed by atoms with Gasteiger partial charge in [0.25, 0.3) is 5.91 Å². The van der Waals surface area contributed by atoms with E-state index in [-0.39, 0.29) is 24.4 Å². The van der Waals surface area contributed by atoms with Crippen molar-refractivity contribution in [1.82, 2.24) is 10.2 Å². The van der Waals surface area contributed by atoms with Crippen LogP contribution in [0.4, 0.5) is 0 Å². The van der Waals surface area contributed by atoms with E-state index in [1.165, 1.54) is 21.3 Å². The van der Waals surface area contributed by atoms with Crippen molar-refractivity contribution in [1.29, 1.82) is 0 Å². The van der Waals surface area contributed by atoms with Gasteiger partial charge >= 0.3 is 0 Å². The number of likely N-dealkylation sites (N-methyl/N-ethyl adjacent to an activating group) is 1. The summed E-state index contributed by atoms with van der Waals surface area (Å²) in [6, 6.07) is 3.21. The Balaban J connectivity index is 2.81. The number of ether oxygens (including phenoxy) is 3. The highest BCUT2D eigenvalue weighted by molar-refractivity contribution is 5.97. The fraction of sp³-hybridized carbons (Fsp3) is 0.579. The van der Waals surface area contributed by atoms with Crippen molar-refractivity contribution in [2.24, 2.45) is 5.92 Å². The van der Waals surface area contributed by atoms with E-state index in [4.69, 9.17) is 14.2 Å². The Labute approximate surface area is 155 Å². The molecule has 1 aromatic carbocycles. The highest BCUT2D eigenvalue weighted by Gasteiger charge is 2.20. The van der Waals surface area contributed by atoms with Gasteiger partial charge in [-0.15, -0.1) is 0 Å². The summed E-state index contributed by atoms with van der Waals surface area (Å²) in [6.45, 7) is 6.15. The first-order valence-corrected chi connectivity index (χ1v) is 8.58. The summed E-state index contributed by atoms with van der Waals surface area (Å²) in [4.78, 5) is 26.4. The molecule has 7 heteroatoms. The lowest BCUT2D eigenvalue weighted by atomic mass is 10.0. The molecule has 26 heavy (non-hydrogen) atoms. The quantitative estimate of drug-likeness (QED) is 0.726. The van der Waals surface area contributed by atoms with Crippen LogP contribution in [0.3, 0.4) is 0 Å². The van der Waals surface area contributed by atoms with Gasteiger partial charge in [-0.1, -0.05) is 13.8 Å². The van der Waals surface area contributed by atoms with Gasteiger partial charge in [-0.3, -0.25) is 9.59 Å². The highest BCUT2D eigenvalue weighted by atomic mass is 16.5. The molecular formula is C19H30N2O5. The fourth-order valence-electron chi connectivity index (χ4n) is 2.68. The van der Waals surface area contributed by atoms with Crippen molar-refractivity contribution in [2.75, 3.05) is 34.9 Å². The van der Waals surface area contributed by atoms with E-state index in [9.17, 15) is 9.59 Å². The average Bonchev–Trinajstić information content (AvgIpc) is 2.62. The molecule has 0 aliphatic heterocycles. The van der Waals surface area contributed by atoms with Gasteiger partial charge in [0, 0.05) is 18.7 Å². The van der Waals surface area contributed by atoms with Crippen molar-refractivity contribution < 1.29 is 23.8 Å². The number of rotatable bonds is 9. The summed E-state index contributed by atoms with van der Waals surface area (Å²) in [7, 11) is 6.20. The monoisotopic (exact) mass is 366 g/mol. The summed E-state index contributed by atoms with van der Waals surface area (Å²) in [5.41, 5.74) is 0.324. The third kappa shape index (κ3) is 5.54. The van der Waals surface area contributed by atoms with Gasteiger partial charge in [-0.05, 0) is 31.4 Å². The van der Waals surface area contributed by atoms with Crippen LogP contribution in [0.1, 0.15) is 37.6 Å². The number of carbonyl (C=O) groups excluding carboxylic acids is 2. The van der Waals surface area contributed by atoms with Gasteiger partial charge < -0.3 is 24.4 Å². The molecule has 1 rings (SSSR count). The number of hydrogen-bond donors (Lipinski definition) is 1. The summed E-state index contributed by atoms with van der Waals surface area (Å²) in [5.74, 6) is 1.14. The zero-order chi connectivity index (χ0) is 19.9. The Kier molecular flexibility index (Phi) is 8.22. The Bertz CT molecular complexity index is 605. The summed E-state index contributed by atoms with van der Waals surface area (Å²) in [5, 5.41) is 2.65. The predicted octanol–water partition coefficient (Wildman–Crippen LogP) is 2.34. The maximum absolute atomic E-state index is 12.4. The van der Waals surface area contributed by atoms with Crippen LogP contribution < -0.4 is 19.5 Å². The first-order chi connectivity index (χ1) is 12.2. The standard InChI is InChI=1S/C19H30N2O5/c1-12(2)8-13(3)21(4)17(22)11-20-19(23)14-9-15(24-5)18(26-7)16(10-14)25-6/h9-10,12-13H,8,11H2,1-7H3,(H,20,23). The van der Waals surface area contributed by atoms with Gasteiger partial charge in [-0.25, -0.2) is 0 Å². The van der Waals surface area contributed by atoms with Crippen LogP contribution in [0.15, 0.2) is 12.1 Å². The van der Waals surface area contributed by atoms with Crippen molar-refractivity contribution >= 4 is 11.8 Å². The second kappa shape index (κ2) is 9.89. The number of nitrogens with zero attached hydrogens (tertiary/aromatic N) is 1. The number of nitrogens with one attached hydrogen (secondary N) is 1. The minimum absolute atomic E-state index is 0.0750. The van der Waals surface area contributed by atoms with Crippen molar-refractivity contribution in [2.45, 2.75) is 33.2 Å². The zero-order valence-electron chi connectivity index (χ0n) is 16.7. The highest BCUT2D eigenvalue weighted by Crippen LogP contribution is 2.38. The van der Waals surface area contributed by atoms with E-state index in [1.54, 1.807) is 24.1 Å². The molecule has 1 atom stereocenters. The van der Waals surface area contributed by atoms with E-state index >= 15 is 0 Å². The molecule has 0 fully saturated rings. The third-order valence-electron chi connectivity index (χ3n) is 4.19. The molecule has 146 valence electrons. The van der Waals surface area contributed by atoms with Gasteiger partial charge in [0.15, 0.2) is 11.5 Å². The molecule has 0 aliphatic rings. The van der Waals surface area contributed by atoms with Crippen LogP contribution in [0, 0.1) is 5.92 Å². The van der Waals surface area contributed by atoms with E-state index in [0.717, 1.165) is 6.42 Å². The van der Waals surface area contributed by atoms with Crippen LogP contribution in [0.25, 0.3) is 0 Å². The largest absolute Gasteiger partial charge is 0.493 e. The fourth-order valence-corrected chi connectivity index (χ4v) is 2.68. The number of methoxy groups -OCH3 is 3. The minimum atomic E-state index is -0.387. The molecule has 0 heterocycles. The lowest BCUT2D eigenvalue weighted by molar-refractivity contribution is -0.130. The smallest absolute Gasteiger partial charge is 0.251 e. The molecule has 0 saturated carbocycles.